The maximum absolute atomic E-state index is 11.8. The molecule has 1 aromatic carbocycles. The van der Waals surface area contributed by atoms with Crippen molar-refractivity contribution in [2.24, 2.45) is 11.8 Å². The van der Waals surface area contributed by atoms with E-state index in [0.717, 1.165) is 24.3 Å². The van der Waals surface area contributed by atoms with Crippen molar-refractivity contribution < 1.29 is 4.79 Å². The number of amides is 2. The van der Waals surface area contributed by atoms with E-state index < -0.39 is 0 Å². The zero-order chi connectivity index (χ0) is 11.8. The van der Waals surface area contributed by atoms with Crippen LogP contribution in [0.1, 0.15) is 5.56 Å². The maximum Gasteiger partial charge on any atom is 0.319 e. The van der Waals surface area contributed by atoms with Gasteiger partial charge in [-0.3, -0.25) is 0 Å². The molecule has 0 spiro atoms. The van der Waals surface area contributed by atoms with E-state index in [-0.39, 0.29) is 6.03 Å². The van der Waals surface area contributed by atoms with Crippen LogP contribution in [0.4, 0.5) is 10.5 Å². The topological polar surface area (TPSA) is 53.2 Å². The van der Waals surface area contributed by atoms with Crippen LogP contribution in [-0.4, -0.2) is 25.2 Å². The zero-order valence-electron chi connectivity index (χ0n) is 9.86. The summed E-state index contributed by atoms with van der Waals surface area (Å²) in [7, 11) is 0. The van der Waals surface area contributed by atoms with E-state index >= 15 is 0 Å². The van der Waals surface area contributed by atoms with Gasteiger partial charge >= 0.3 is 6.03 Å². The second-order valence-electron chi connectivity index (χ2n) is 4.98. The average Bonchev–Trinajstić information content (AvgIpc) is 2.74. The molecule has 0 radical (unpaired) electrons. The van der Waals surface area contributed by atoms with Gasteiger partial charge in [0, 0.05) is 24.8 Å². The van der Waals surface area contributed by atoms with Crippen molar-refractivity contribution in [3.63, 3.8) is 0 Å². The lowest BCUT2D eigenvalue weighted by Crippen LogP contribution is -2.35. The van der Waals surface area contributed by atoms with Gasteiger partial charge in [-0.1, -0.05) is 12.1 Å². The monoisotopic (exact) mass is 231 g/mol. The number of carbonyl (C=O) groups is 1. The maximum atomic E-state index is 11.8. The third-order valence-corrected chi connectivity index (χ3v) is 3.67. The predicted molar refractivity (Wildman–Crippen MR) is 67.0 cm³/mol. The van der Waals surface area contributed by atoms with Gasteiger partial charge in [0.25, 0.3) is 0 Å². The molecule has 3 rings (SSSR count). The molecule has 4 heteroatoms. The fraction of sp³-hybridized carbons (Fsp3) is 0.462. The van der Waals surface area contributed by atoms with E-state index in [1.54, 1.807) is 0 Å². The molecule has 2 aliphatic rings. The Bertz CT molecular complexity index is 436. The van der Waals surface area contributed by atoms with E-state index in [4.69, 9.17) is 0 Å². The molecule has 4 nitrogen and oxygen atoms in total. The van der Waals surface area contributed by atoms with E-state index in [1.807, 2.05) is 31.2 Å². The Hall–Kier alpha value is -1.55. The molecule has 2 atom stereocenters. The molecule has 0 bridgehead atoms. The Kier molecular flexibility index (Phi) is 2.52. The molecule has 17 heavy (non-hydrogen) atoms. The molecule has 2 fully saturated rings. The van der Waals surface area contributed by atoms with Gasteiger partial charge in [-0.2, -0.15) is 0 Å². The van der Waals surface area contributed by atoms with Gasteiger partial charge in [0.2, 0.25) is 0 Å². The number of nitrogens with one attached hydrogen (secondary N) is 3. The fourth-order valence-corrected chi connectivity index (χ4v) is 2.67. The zero-order valence-corrected chi connectivity index (χ0v) is 9.86. The molecule has 1 aliphatic carbocycles. The van der Waals surface area contributed by atoms with Crippen molar-refractivity contribution in [2.75, 3.05) is 18.4 Å². The van der Waals surface area contributed by atoms with Gasteiger partial charge in [0.05, 0.1) is 0 Å². The molecule has 2 amide bonds. The lowest BCUT2D eigenvalue weighted by atomic mass is 10.2. The number of urea groups is 1. The van der Waals surface area contributed by atoms with E-state index in [2.05, 4.69) is 16.0 Å². The van der Waals surface area contributed by atoms with Gasteiger partial charge in [0.1, 0.15) is 0 Å². The Labute approximate surface area is 101 Å². The molecule has 1 aromatic rings. The molecule has 3 N–H and O–H groups in total. The smallest absolute Gasteiger partial charge is 0.319 e. The van der Waals surface area contributed by atoms with Crippen molar-refractivity contribution in [1.82, 2.24) is 10.6 Å². The van der Waals surface area contributed by atoms with Crippen molar-refractivity contribution >= 4 is 11.7 Å². The second kappa shape index (κ2) is 4.04. The van der Waals surface area contributed by atoms with Crippen molar-refractivity contribution in [3.05, 3.63) is 29.8 Å². The van der Waals surface area contributed by atoms with Crippen LogP contribution in [-0.2, 0) is 0 Å². The molecule has 1 saturated heterocycles. The Morgan fingerprint density at radius 3 is 2.82 bits per heavy atom. The third kappa shape index (κ3) is 2.13. The van der Waals surface area contributed by atoms with E-state index in [9.17, 15) is 4.79 Å². The first-order valence-electron chi connectivity index (χ1n) is 6.09. The molecular formula is C13H17N3O. The molecule has 2 unspecified atom stereocenters. The number of rotatable bonds is 2. The summed E-state index contributed by atoms with van der Waals surface area (Å²) in [5, 5.41) is 9.22. The van der Waals surface area contributed by atoms with Crippen molar-refractivity contribution in [2.45, 2.75) is 13.0 Å². The van der Waals surface area contributed by atoms with Crippen LogP contribution in [0.5, 0.6) is 0 Å². The normalized spacial score (nSPS) is 29.6. The third-order valence-electron chi connectivity index (χ3n) is 3.67. The average molecular weight is 231 g/mol. The van der Waals surface area contributed by atoms with Crippen LogP contribution < -0.4 is 16.0 Å². The highest BCUT2D eigenvalue weighted by atomic mass is 16.2. The van der Waals surface area contributed by atoms with Crippen molar-refractivity contribution in [1.29, 1.82) is 0 Å². The molecule has 0 aromatic heterocycles. The number of hydrogen-bond donors (Lipinski definition) is 3. The minimum absolute atomic E-state index is 0.0880. The highest BCUT2D eigenvalue weighted by Crippen LogP contribution is 2.41. The first-order chi connectivity index (χ1) is 8.24. The standard InChI is InChI=1S/C13H17N3O/c1-8-3-2-4-9(5-8)15-13(17)16-12-10-6-14-7-11(10)12/h2-5,10-12,14H,6-7H2,1H3,(H2,15,16,17). The summed E-state index contributed by atoms with van der Waals surface area (Å²) in [4.78, 5) is 11.8. The Balaban J connectivity index is 1.54. The molecule has 90 valence electrons. The number of piperidine rings is 1. The number of benzene rings is 1. The van der Waals surface area contributed by atoms with Gasteiger partial charge in [-0.05, 0) is 36.5 Å². The summed E-state index contributed by atoms with van der Waals surface area (Å²) < 4.78 is 0. The molecular weight excluding hydrogens is 214 g/mol. The van der Waals surface area contributed by atoms with Crippen LogP contribution in [0.15, 0.2) is 24.3 Å². The van der Waals surface area contributed by atoms with Crippen LogP contribution in [0.2, 0.25) is 0 Å². The number of hydrogen-bond acceptors (Lipinski definition) is 2. The summed E-state index contributed by atoms with van der Waals surface area (Å²) in [6, 6.07) is 8.12. The first kappa shape index (κ1) is 10.6. The van der Waals surface area contributed by atoms with Crippen LogP contribution in [0, 0.1) is 18.8 Å². The van der Waals surface area contributed by atoms with E-state index in [0.29, 0.717) is 17.9 Å². The molecule has 1 saturated carbocycles. The van der Waals surface area contributed by atoms with E-state index in [1.165, 1.54) is 0 Å². The van der Waals surface area contributed by atoms with Crippen molar-refractivity contribution in [3.8, 4) is 0 Å². The minimum atomic E-state index is -0.0880. The Morgan fingerprint density at radius 1 is 1.35 bits per heavy atom. The van der Waals surface area contributed by atoms with Crippen LogP contribution in [0.25, 0.3) is 0 Å². The van der Waals surface area contributed by atoms with Gasteiger partial charge in [-0.25, -0.2) is 4.79 Å². The Morgan fingerprint density at radius 2 is 2.12 bits per heavy atom. The predicted octanol–water partition coefficient (Wildman–Crippen LogP) is 1.33. The first-order valence-corrected chi connectivity index (χ1v) is 6.09. The quantitative estimate of drug-likeness (QED) is 0.719. The van der Waals surface area contributed by atoms with Crippen LogP contribution in [0.3, 0.4) is 0 Å². The highest BCUT2D eigenvalue weighted by molar-refractivity contribution is 5.89. The number of aryl methyl sites for hydroxylation is 1. The SMILES string of the molecule is Cc1cccc(NC(=O)NC2C3CNCC32)c1. The largest absolute Gasteiger partial charge is 0.334 e. The number of anilines is 1. The van der Waals surface area contributed by atoms with Crippen LogP contribution >= 0.6 is 0 Å². The summed E-state index contributed by atoms with van der Waals surface area (Å²) in [6.07, 6.45) is 0. The summed E-state index contributed by atoms with van der Waals surface area (Å²) in [5.74, 6) is 1.30. The van der Waals surface area contributed by atoms with Gasteiger partial charge in [-0.15, -0.1) is 0 Å². The highest BCUT2D eigenvalue weighted by Gasteiger charge is 2.53. The second-order valence-corrected chi connectivity index (χ2v) is 4.98. The lowest BCUT2D eigenvalue weighted by Gasteiger charge is -2.09. The minimum Gasteiger partial charge on any atom is -0.334 e. The summed E-state index contributed by atoms with van der Waals surface area (Å²) in [5.41, 5.74) is 2.00. The molecule has 1 aliphatic heterocycles. The number of carbonyl (C=O) groups excluding carboxylic acids is 1. The van der Waals surface area contributed by atoms with Gasteiger partial charge < -0.3 is 16.0 Å². The fourth-order valence-electron chi connectivity index (χ4n) is 2.67. The lowest BCUT2D eigenvalue weighted by molar-refractivity contribution is 0.250. The summed E-state index contributed by atoms with van der Waals surface area (Å²) >= 11 is 0. The van der Waals surface area contributed by atoms with Gasteiger partial charge in [0.15, 0.2) is 0 Å². The summed E-state index contributed by atoms with van der Waals surface area (Å²) in [6.45, 7) is 4.10. The molecule has 1 heterocycles. The number of fused-ring (bicyclic) bond motifs is 1.